The van der Waals surface area contributed by atoms with Crippen LogP contribution in [0.1, 0.15) is 23.6 Å². The number of nitrogens with two attached hydrogens (primary N) is 2. The van der Waals surface area contributed by atoms with Gasteiger partial charge in [0.1, 0.15) is 18.1 Å². The summed E-state index contributed by atoms with van der Waals surface area (Å²) in [7, 11) is 3.44. The van der Waals surface area contributed by atoms with Gasteiger partial charge in [0.25, 0.3) is 0 Å². The fourth-order valence-electron chi connectivity index (χ4n) is 2.45. The number of hydrogen-bond donors (Lipinski definition) is 3. The maximum absolute atomic E-state index is 8.94. The van der Waals surface area contributed by atoms with Crippen molar-refractivity contribution < 1.29 is 14.3 Å². The molecule has 5 N–H and O–H groups in total. The highest BCUT2D eigenvalue weighted by Gasteiger charge is 2.12. The smallest absolute Gasteiger partial charge is 0.221 e. The van der Waals surface area contributed by atoms with Crippen LogP contribution in [0.4, 0.5) is 5.69 Å². The van der Waals surface area contributed by atoms with Crippen molar-refractivity contribution in [2.75, 3.05) is 19.2 Å². The molecule has 7 nitrogen and oxygen atoms in total. The molecule has 0 aliphatic carbocycles. The summed E-state index contributed by atoms with van der Waals surface area (Å²) in [5, 5.41) is 1.57. The van der Waals surface area contributed by atoms with E-state index in [1.54, 1.807) is 24.6 Å². The minimum Gasteiger partial charge on any atom is -0.496 e. The highest BCUT2D eigenvalue weighted by Crippen LogP contribution is 2.30. The van der Waals surface area contributed by atoms with E-state index in [2.05, 4.69) is 18.5 Å². The van der Waals surface area contributed by atoms with Crippen molar-refractivity contribution in [1.82, 2.24) is 5.43 Å². The van der Waals surface area contributed by atoms with Crippen molar-refractivity contribution in [2.45, 2.75) is 20.5 Å². The monoisotopic (exact) mass is 372 g/mol. The van der Waals surface area contributed by atoms with Crippen LogP contribution in [-0.2, 0) is 11.4 Å². The number of aryl methyl sites for hydroxylation is 1. The molecule has 2 aromatic carbocycles. The second-order valence-electron chi connectivity index (χ2n) is 5.90. The average Bonchev–Trinajstić information content (AvgIpc) is 2.66. The van der Waals surface area contributed by atoms with Crippen molar-refractivity contribution in [3.05, 3.63) is 59.7 Å². The summed E-state index contributed by atoms with van der Waals surface area (Å²) in [5.41, 5.74) is 6.78. The second kappa shape index (κ2) is 10.8. The number of hydrazine groups is 2. The molecule has 1 amide bonds. The molecule has 0 bridgehead atoms. The molecule has 0 aliphatic rings. The van der Waals surface area contributed by atoms with Gasteiger partial charge >= 0.3 is 0 Å². The number of nitrogens with zero attached hydrogens (tertiary/aromatic N) is 1. The van der Waals surface area contributed by atoms with Gasteiger partial charge in [-0.15, -0.1) is 0 Å². The van der Waals surface area contributed by atoms with Crippen LogP contribution in [0.3, 0.4) is 0 Å². The Balaban J connectivity index is 0.000000828. The van der Waals surface area contributed by atoms with E-state index in [4.69, 9.17) is 20.1 Å². The number of ether oxygens (including phenoxy) is 2. The zero-order valence-corrected chi connectivity index (χ0v) is 16.3. The maximum Gasteiger partial charge on any atom is 0.221 e. The number of carbonyl (C=O) groups is 1. The summed E-state index contributed by atoms with van der Waals surface area (Å²) in [6.07, 6.45) is 0.403. The maximum atomic E-state index is 8.94. The number of amides is 1. The topological polar surface area (TPSA) is 103 Å². The molecule has 0 unspecified atom stereocenters. The van der Waals surface area contributed by atoms with Gasteiger partial charge in [-0.3, -0.25) is 10.2 Å². The van der Waals surface area contributed by atoms with E-state index in [1.165, 1.54) is 0 Å². The predicted molar refractivity (Wildman–Crippen MR) is 109 cm³/mol. The van der Waals surface area contributed by atoms with E-state index >= 15 is 0 Å². The molecule has 0 spiro atoms. The van der Waals surface area contributed by atoms with Crippen molar-refractivity contribution in [2.24, 2.45) is 11.7 Å². The van der Waals surface area contributed by atoms with Gasteiger partial charge in [0.15, 0.2) is 0 Å². The first-order valence-electron chi connectivity index (χ1n) is 8.29. The first-order chi connectivity index (χ1) is 12.8. The first-order valence-corrected chi connectivity index (χ1v) is 8.29. The van der Waals surface area contributed by atoms with Crippen LogP contribution in [0.15, 0.2) is 43.0 Å². The fourth-order valence-corrected chi connectivity index (χ4v) is 2.45. The molecule has 0 atom stereocenters. The molecule has 7 heteroatoms. The summed E-state index contributed by atoms with van der Waals surface area (Å²) in [5.74, 6) is 11.9. The number of hydrogen-bond acceptors (Lipinski definition) is 6. The Morgan fingerprint density at radius 1 is 1.30 bits per heavy atom. The summed E-state index contributed by atoms with van der Waals surface area (Å²) in [6, 6.07) is 11.8. The van der Waals surface area contributed by atoms with Gasteiger partial charge < -0.3 is 14.5 Å². The Morgan fingerprint density at radius 3 is 2.44 bits per heavy atom. The lowest BCUT2D eigenvalue weighted by Crippen LogP contribution is -2.26. The third kappa shape index (κ3) is 6.32. The minimum atomic E-state index is 0.383. The van der Waals surface area contributed by atoms with Crippen LogP contribution >= 0.6 is 0 Å². The van der Waals surface area contributed by atoms with Gasteiger partial charge in [-0.1, -0.05) is 24.3 Å². The number of benzene rings is 2. The van der Waals surface area contributed by atoms with Crippen LogP contribution in [-0.4, -0.2) is 20.6 Å². The molecule has 0 saturated heterocycles. The van der Waals surface area contributed by atoms with Gasteiger partial charge in [0.2, 0.25) is 6.41 Å². The molecule has 2 aromatic rings. The molecule has 0 radical (unpaired) electrons. The van der Waals surface area contributed by atoms with E-state index in [9.17, 15) is 0 Å². The Kier molecular flexibility index (Phi) is 8.84. The van der Waals surface area contributed by atoms with E-state index in [0.29, 0.717) is 13.0 Å². The highest BCUT2D eigenvalue weighted by molar-refractivity contribution is 5.63. The summed E-state index contributed by atoms with van der Waals surface area (Å²) >= 11 is 0. The molecule has 27 heavy (non-hydrogen) atoms. The number of carbonyl (C=O) groups excluding carboxylic acids is 1. The third-order valence-corrected chi connectivity index (χ3v) is 3.82. The lowest BCUT2D eigenvalue weighted by Gasteiger charge is -2.20. The molecule has 0 saturated carbocycles. The lowest BCUT2D eigenvalue weighted by molar-refractivity contribution is -0.109. The van der Waals surface area contributed by atoms with Crippen LogP contribution in [0.25, 0.3) is 5.57 Å². The first kappa shape index (κ1) is 22.0. The molecular formula is C20H28N4O3. The number of rotatable bonds is 7. The van der Waals surface area contributed by atoms with Crippen molar-refractivity contribution in [3.63, 3.8) is 0 Å². The molecule has 0 fully saturated rings. The van der Waals surface area contributed by atoms with Crippen molar-refractivity contribution in [1.29, 1.82) is 0 Å². The van der Waals surface area contributed by atoms with E-state index in [0.717, 1.165) is 39.4 Å². The number of anilines is 1. The zero-order chi connectivity index (χ0) is 20.4. The van der Waals surface area contributed by atoms with E-state index in [-0.39, 0.29) is 0 Å². The molecule has 146 valence electrons. The average molecular weight is 372 g/mol. The van der Waals surface area contributed by atoms with Gasteiger partial charge in [-0.25, -0.2) is 11.7 Å². The van der Waals surface area contributed by atoms with Crippen molar-refractivity contribution >= 4 is 17.7 Å². The standard InChI is InChI=1S/C19H24N2O2.CH4N2O/c1-13(2)15-9-10-18(14(3)11-15)23-12-16-17(21(4)20)7-6-8-19(16)22-5;2-3-1-4/h6-11H,1,12,20H2,2-5H3;1H,2H2,(H,3,4). The number of allylic oxidation sites excluding steroid dienone is 1. The van der Waals surface area contributed by atoms with Gasteiger partial charge in [0.05, 0.1) is 18.4 Å². The minimum absolute atomic E-state index is 0.383. The van der Waals surface area contributed by atoms with E-state index < -0.39 is 0 Å². The summed E-state index contributed by atoms with van der Waals surface area (Å²) in [4.78, 5) is 8.94. The van der Waals surface area contributed by atoms with Crippen LogP contribution < -0.4 is 31.6 Å². The predicted octanol–water partition coefficient (Wildman–Crippen LogP) is 2.53. The Labute approximate surface area is 160 Å². The Hall–Kier alpha value is -3.03. The number of nitrogens with one attached hydrogen (secondary N) is 1. The summed E-state index contributed by atoms with van der Waals surface area (Å²) in [6.45, 7) is 8.37. The molecular weight excluding hydrogens is 344 g/mol. The largest absolute Gasteiger partial charge is 0.496 e. The van der Waals surface area contributed by atoms with Crippen LogP contribution in [0, 0.1) is 6.92 Å². The summed E-state index contributed by atoms with van der Waals surface area (Å²) < 4.78 is 11.4. The second-order valence-corrected chi connectivity index (χ2v) is 5.90. The van der Waals surface area contributed by atoms with E-state index in [1.807, 2.05) is 44.2 Å². The Morgan fingerprint density at radius 2 is 1.96 bits per heavy atom. The lowest BCUT2D eigenvalue weighted by atomic mass is 10.1. The normalized spacial score (nSPS) is 9.56. The SMILES string of the molecule is C=C(C)c1ccc(OCc2c(OC)cccc2N(C)N)c(C)c1.NNC=O. The van der Waals surface area contributed by atoms with Crippen LogP contribution in [0.2, 0.25) is 0 Å². The molecule has 0 aromatic heterocycles. The van der Waals surface area contributed by atoms with Gasteiger partial charge in [-0.05, 0) is 49.2 Å². The quantitative estimate of drug-likeness (QED) is 0.299. The molecule has 0 heterocycles. The zero-order valence-electron chi connectivity index (χ0n) is 16.3. The van der Waals surface area contributed by atoms with Crippen LogP contribution in [0.5, 0.6) is 11.5 Å². The Bertz CT molecular complexity index is 776. The van der Waals surface area contributed by atoms with Gasteiger partial charge in [0, 0.05) is 7.05 Å². The third-order valence-electron chi connectivity index (χ3n) is 3.82. The molecule has 2 rings (SSSR count). The number of methoxy groups -OCH3 is 1. The fraction of sp³-hybridized carbons (Fsp3) is 0.250. The van der Waals surface area contributed by atoms with Gasteiger partial charge in [-0.2, -0.15) is 0 Å². The highest BCUT2D eigenvalue weighted by atomic mass is 16.5. The molecule has 0 aliphatic heterocycles. The van der Waals surface area contributed by atoms with Crippen molar-refractivity contribution in [3.8, 4) is 11.5 Å².